The first-order valence-electron chi connectivity index (χ1n) is 8.01. The molecule has 0 radical (unpaired) electrons. The highest BCUT2D eigenvalue weighted by atomic mass is 16.5. The highest BCUT2D eigenvalue weighted by Gasteiger charge is 2.18. The zero-order valence-corrected chi connectivity index (χ0v) is 14.5. The predicted octanol–water partition coefficient (Wildman–Crippen LogP) is 2.24. The van der Waals surface area contributed by atoms with E-state index in [0.29, 0.717) is 11.3 Å². The van der Waals surface area contributed by atoms with Gasteiger partial charge >= 0.3 is 0 Å². The number of hydrogen-bond acceptors (Lipinski definition) is 4. The fourth-order valence-electron chi connectivity index (χ4n) is 2.79. The molecule has 3 rings (SSSR count). The third kappa shape index (κ3) is 3.49. The summed E-state index contributed by atoms with van der Waals surface area (Å²) in [7, 11) is 3.44. The summed E-state index contributed by atoms with van der Waals surface area (Å²) in [6.07, 6.45) is -1.23. The van der Waals surface area contributed by atoms with Gasteiger partial charge in [0.15, 0.2) is 6.10 Å². The van der Waals surface area contributed by atoms with E-state index in [1.807, 2.05) is 32.2 Å². The van der Waals surface area contributed by atoms with Crippen LogP contribution in [0.25, 0.3) is 10.9 Å². The molecule has 130 valence electrons. The Morgan fingerprint density at radius 2 is 2.00 bits per heavy atom. The van der Waals surface area contributed by atoms with Gasteiger partial charge in [0.05, 0.1) is 24.9 Å². The number of fused-ring (bicyclic) bond motifs is 1. The molecule has 0 unspecified atom stereocenters. The van der Waals surface area contributed by atoms with Crippen LogP contribution < -0.4 is 10.1 Å². The molecule has 0 saturated heterocycles. The number of ether oxygens (including phenoxy) is 1. The monoisotopic (exact) mass is 339 g/mol. The number of aliphatic hydroxyl groups excluding tert-OH is 1. The summed E-state index contributed by atoms with van der Waals surface area (Å²) < 4.78 is 6.86. The molecule has 0 aliphatic carbocycles. The van der Waals surface area contributed by atoms with E-state index in [1.54, 1.807) is 36.1 Å². The Morgan fingerprint density at radius 3 is 2.68 bits per heavy atom. The second-order valence-electron chi connectivity index (χ2n) is 5.98. The van der Waals surface area contributed by atoms with Crippen molar-refractivity contribution in [2.75, 3.05) is 7.11 Å². The van der Waals surface area contributed by atoms with Crippen LogP contribution in [-0.2, 0) is 18.4 Å². The Balaban J connectivity index is 1.72. The number of rotatable bonds is 5. The van der Waals surface area contributed by atoms with E-state index < -0.39 is 12.0 Å². The zero-order valence-electron chi connectivity index (χ0n) is 14.5. The maximum Gasteiger partial charge on any atom is 0.253 e. The van der Waals surface area contributed by atoms with Crippen molar-refractivity contribution in [2.45, 2.75) is 19.6 Å². The van der Waals surface area contributed by atoms with Crippen LogP contribution in [0, 0.1) is 6.92 Å². The van der Waals surface area contributed by atoms with E-state index >= 15 is 0 Å². The van der Waals surface area contributed by atoms with Gasteiger partial charge in [0.1, 0.15) is 5.75 Å². The number of nitrogens with one attached hydrogen (secondary N) is 1. The van der Waals surface area contributed by atoms with Crippen LogP contribution in [-0.4, -0.2) is 27.9 Å². The number of hydrogen-bond donors (Lipinski definition) is 2. The van der Waals surface area contributed by atoms with Crippen LogP contribution in [0.5, 0.6) is 5.75 Å². The molecular formula is C19H21N3O3. The van der Waals surface area contributed by atoms with Gasteiger partial charge in [0, 0.05) is 12.4 Å². The van der Waals surface area contributed by atoms with Crippen molar-refractivity contribution in [2.24, 2.45) is 7.05 Å². The van der Waals surface area contributed by atoms with Crippen LogP contribution in [0.1, 0.15) is 22.9 Å². The molecule has 0 aliphatic rings. The van der Waals surface area contributed by atoms with Gasteiger partial charge in [0.25, 0.3) is 5.91 Å². The van der Waals surface area contributed by atoms with Crippen molar-refractivity contribution in [3.63, 3.8) is 0 Å². The maximum atomic E-state index is 12.3. The first-order chi connectivity index (χ1) is 12.0. The molecule has 1 aromatic heterocycles. The highest BCUT2D eigenvalue weighted by Crippen LogP contribution is 2.20. The molecule has 1 amide bonds. The van der Waals surface area contributed by atoms with Crippen molar-refractivity contribution in [3.8, 4) is 5.75 Å². The van der Waals surface area contributed by atoms with Gasteiger partial charge < -0.3 is 15.2 Å². The van der Waals surface area contributed by atoms with Crippen LogP contribution in [0.15, 0.2) is 42.5 Å². The molecule has 1 atom stereocenters. The van der Waals surface area contributed by atoms with Crippen molar-refractivity contribution in [1.29, 1.82) is 0 Å². The minimum Gasteiger partial charge on any atom is -0.497 e. The van der Waals surface area contributed by atoms with E-state index in [4.69, 9.17) is 4.74 Å². The Hall–Kier alpha value is -2.86. The Kier molecular flexibility index (Phi) is 4.72. The largest absolute Gasteiger partial charge is 0.497 e. The highest BCUT2D eigenvalue weighted by molar-refractivity contribution is 5.85. The number of aromatic nitrogens is 2. The van der Waals surface area contributed by atoms with Crippen LogP contribution >= 0.6 is 0 Å². The fraction of sp³-hybridized carbons (Fsp3) is 0.263. The van der Waals surface area contributed by atoms with Crippen molar-refractivity contribution >= 4 is 16.8 Å². The van der Waals surface area contributed by atoms with E-state index in [-0.39, 0.29) is 6.54 Å². The second-order valence-corrected chi connectivity index (χ2v) is 5.98. The lowest BCUT2D eigenvalue weighted by atomic mass is 10.1. The number of aryl methyl sites for hydroxylation is 2. The van der Waals surface area contributed by atoms with E-state index in [1.165, 1.54) is 0 Å². The molecule has 2 N–H and O–H groups in total. The van der Waals surface area contributed by atoms with Gasteiger partial charge in [-0.3, -0.25) is 9.48 Å². The minimum absolute atomic E-state index is 0.257. The molecular weight excluding hydrogens is 318 g/mol. The Morgan fingerprint density at radius 1 is 1.28 bits per heavy atom. The molecule has 0 spiro atoms. The van der Waals surface area contributed by atoms with Gasteiger partial charge in [-0.1, -0.05) is 23.8 Å². The molecule has 6 nitrogen and oxygen atoms in total. The number of amides is 1. The molecule has 0 aliphatic heterocycles. The summed E-state index contributed by atoms with van der Waals surface area (Å²) in [5.41, 5.74) is 3.42. The Bertz CT molecular complexity index is 900. The quantitative estimate of drug-likeness (QED) is 0.747. The number of aliphatic hydroxyl groups is 1. The summed E-state index contributed by atoms with van der Waals surface area (Å²) in [6.45, 7) is 2.27. The summed E-state index contributed by atoms with van der Waals surface area (Å²) in [5.74, 6) is 0.211. The summed E-state index contributed by atoms with van der Waals surface area (Å²) in [4.78, 5) is 12.3. The SMILES string of the molecule is COc1ccc([C@@H](O)C(=O)NCc2nn(C)c3ccc(C)cc23)cc1. The first-order valence-corrected chi connectivity index (χ1v) is 8.01. The van der Waals surface area contributed by atoms with Gasteiger partial charge in [-0.25, -0.2) is 0 Å². The number of nitrogens with zero attached hydrogens (tertiary/aromatic N) is 2. The van der Waals surface area contributed by atoms with Crippen molar-refractivity contribution < 1.29 is 14.6 Å². The van der Waals surface area contributed by atoms with Crippen molar-refractivity contribution in [1.82, 2.24) is 15.1 Å². The lowest BCUT2D eigenvalue weighted by molar-refractivity contribution is -0.129. The number of carbonyl (C=O) groups is 1. The third-order valence-corrected chi connectivity index (χ3v) is 4.19. The average molecular weight is 339 g/mol. The van der Waals surface area contributed by atoms with Crippen LogP contribution in [0.2, 0.25) is 0 Å². The summed E-state index contributed by atoms with van der Waals surface area (Å²) in [5, 5.41) is 18.4. The lowest BCUT2D eigenvalue weighted by Crippen LogP contribution is -2.29. The molecule has 0 fully saturated rings. The first kappa shape index (κ1) is 17.0. The molecule has 0 bridgehead atoms. The topological polar surface area (TPSA) is 76.4 Å². The summed E-state index contributed by atoms with van der Waals surface area (Å²) in [6, 6.07) is 12.8. The summed E-state index contributed by atoms with van der Waals surface area (Å²) >= 11 is 0. The van der Waals surface area contributed by atoms with Crippen molar-refractivity contribution in [3.05, 3.63) is 59.3 Å². The van der Waals surface area contributed by atoms with Gasteiger partial charge in [-0.2, -0.15) is 5.10 Å². The second kappa shape index (κ2) is 6.94. The lowest BCUT2D eigenvalue weighted by Gasteiger charge is -2.11. The number of carbonyl (C=O) groups excluding carboxylic acids is 1. The zero-order chi connectivity index (χ0) is 18.0. The van der Waals surface area contributed by atoms with Gasteiger partial charge in [0.2, 0.25) is 0 Å². The van der Waals surface area contributed by atoms with Crippen LogP contribution in [0.4, 0.5) is 0 Å². The standard InChI is InChI=1S/C19H21N3O3/c1-12-4-9-17-15(10-12)16(21-22(17)2)11-20-19(24)18(23)13-5-7-14(25-3)8-6-13/h4-10,18,23H,11H2,1-3H3,(H,20,24)/t18-/m1/s1. The molecule has 0 saturated carbocycles. The maximum absolute atomic E-state index is 12.3. The smallest absolute Gasteiger partial charge is 0.253 e. The van der Waals surface area contributed by atoms with E-state index in [2.05, 4.69) is 10.4 Å². The van der Waals surface area contributed by atoms with Gasteiger partial charge in [-0.15, -0.1) is 0 Å². The van der Waals surface area contributed by atoms with Gasteiger partial charge in [-0.05, 0) is 36.8 Å². The molecule has 6 heteroatoms. The predicted molar refractivity (Wildman–Crippen MR) is 95.3 cm³/mol. The fourth-order valence-corrected chi connectivity index (χ4v) is 2.79. The number of methoxy groups -OCH3 is 1. The van der Waals surface area contributed by atoms with Crippen LogP contribution in [0.3, 0.4) is 0 Å². The third-order valence-electron chi connectivity index (χ3n) is 4.19. The average Bonchev–Trinajstić information content (AvgIpc) is 2.94. The number of benzene rings is 2. The molecule has 3 aromatic rings. The van der Waals surface area contributed by atoms with E-state index in [0.717, 1.165) is 22.2 Å². The molecule has 1 heterocycles. The minimum atomic E-state index is -1.23. The molecule has 25 heavy (non-hydrogen) atoms. The van der Waals surface area contributed by atoms with E-state index in [9.17, 15) is 9.90 Å². The normalized spacial score (nSPS) is 12.2. The molecule has 2 aromatic carbocycles. The Labute approximate surface area is 146 Å².